The van der Waals surface area contributed by atoms with Crippen LogP contribution in [0.1, 0.15) is 0 Å². The first kappa shape index (κ1) is 7.70. The van der Waals surface area contributed by atoms with E-state index < -0.39 is 0 Å². The lowest BCUT2D eigenvalue weighted by atomic mass is 10.2. The number of pyridine rings is 1. The van der Waals surface area contributed by atoms with E-state index >= 15 is 0 Å². The highest BCUT2D eigenvalue weighted by atomic mass is 31.1. The van der Waals surface area contributed by atoms with Crippen molar-refractivity contribution in [3.05, 3.63) is 36.5 Å². The van der Waals surface area contributed by atoms with Gasteiger partial charge in [0.2, 0.25) is 0 Å². The van der Waals surface area contributed by atoms with Gasteiger partial charge in [0.25, 0.3) is 0 Å². The second-order valence-corrected chi connectivity index (χ2v) is 3.60. The predicted octanol–water partition coefficient (Wildman–Crippen LogP) is 2.17. The summed E-state index contributed by atoms with van der Waals surface area (Å²) in [5.74, 6) is 0. The molecule has 0 fully saturated rings. The lowest BCUT2D eigenvalue weighted by molar-refractivity contribution is 1.42. The highest BCUT2D eigenvalue weighted by molar-refractivity contribution is 7.46. The molecule has 0 amide bonds. The van der Waals surface area contributed by atoms with Gasteiger partial charge >= 0.3 is 0 Å². The molecule has 0 N–H and O–H groups in total. The average Bonchev–Trinajstić information content (AvgIpc) is 2.17. The smallest absolute Gasteiger partial charge is 0.0675 e. The van der Waals surface area contributed by atoms with Crippen LogP contribution in [-0.4, -0.2) is 11.6 Å². The van der Waals surface area contributed by atoms with Crippen molar-refractivity contribution in [1.29, 1.82) is 0 Å². The van der Waals surface area contributed by atoms with E-state index in [4.69, 9.17) is 0 Å². The summed E-state index contributed by atoms with van der Waals surface area (Å²) < 4.78 is 0. The van der Waals surface area contributed by atoms with Gasteiger partial charge in [0, 0.05) is 11.6 Å². The van der Waals surface area contributed by atoms with Gasteiger partial charge in [-0.1, -0.05) is 32.8 Å². The third-order valence-electron chi connectivity index (χ3n) is 1.91. The molecular formula is C10H10NP. The average molecular weight is 175 g/mol. The first-order chi connectivity index (χ1) is 5.92. The van der Waals surface area contributed by atoms with Crippen LogP contribution in [0, 0.1) is 0 Å². The van der Waals surface area contributed by atoms with Crippen LogP contribution in [0.2, 0.25) is 0 Å². The van der Waals surface area contributed by atoms with Crippen molar-refractivity contribution >= 4 is 24.8 Å². The summed E-state index contributed by atoms with van der Waals surface area (Å²) in [5.41, 5.74) is 1.22. The summed E-state index contributed by atoms with van der Waals surface area (Å²) in [5, 5.41) is 2.58. The standard InChI is InChI=1S/C10H10NP/c1-12-10-9-5-3-2-4-8(9)6-7-11-10/h2-7,12H,1H3. The van der Waals surface area contributed by atoms with Crippen LogP contribution in [0.5, 0.6) is 0 Å². The van der Waals surface area contributed by atoms with Crippen molar-refractivity contribution < 1.29 is 0 Å². The van der Waals surface area contributed by atoms with Crippen LogP contribution in [0.25, 0.3) is 10.8 Å². The predicted molar refractivity (Wildman–Crippen MR) is 55.6 cm³/mol. The van der Waals surface area contributed by atoms with E-state index in [0.29, 0.717) is 0 Å². The van der Waals surface area contributed by atoms with Crippen LogP contribution < -0.4 is 5.44 Å². The highest BCUT2D eigenvalue weighted by Crippen LogP contribution is 2.14. The van der Waals surface area contributed by atoms with Crippen molar-refractivity contribution in [2.24, 2.45) is 0 Å². The zero-order valence-corrected chi connectivity index (χ0v) is 7.91. The Balaban J connectivity index is 2.79. The normalized spacial score (nSPS) is 11.4. The van der Waals surface area contributed by atoms with Gasteiger partial charge in [0.15, 0.2) is 0 Å². The fourth-order valence-electron chi connectivity index (χ4n) is 1.32. The summed E-state index contributed by atoms with van der Waals surface area (Å²) in [6.45, 7) is 2.16. The van der Waals surface area contributed by atoms with E-state index in [0.717, 1.165) is 8.58 Å². The minimum atomic E-state index is 0.773. The molecule has 0 saturated heterocycles. The molecule has 2 rings (SSSR count). The summed E-state index contributed by atoms with van der Waals surface area (Å²) in [6, 6.07) is 10.4. The topological polar surface area (TPSA) is 12.9 Å². The van der Waals surface area contributed by atoms with Gasteiger partial charge < -0.3 is 0 Å². The van der Waals surface area contributed by atoms with Gasteiger partial charge in [-0.3, -0.25) is 4.98 Å². The van der Waals surface area contributed by atoms with E-state index in [1.165, 1.54) is 16.2 Å². The highest BCUT2D eigenvalue weighted by Gasteiger charge is 1.97. The van der Waals surface area contributed by atoms with Crippen molar-refractivity contribution in [1.82, 2.24) is 4.98 Å². The molecule has 0 aliphatic heterocycles. The molecule has 12 heavy (non-hydrogen) atoms. The molecule has 1 nitrogen and oxygen atoms in total. The Kier molecular flexibility index (Phi) is 2.05. The number of benzene rings is 1. The summed E-state index contributed by atoms with van der Waals surface area (Å²) in [7, 11) is 0.773. The molecule has 0 saturated carbocycles. The fourth-order valence-corrected chi connectivity index (χ4v) is 2.02. The molecule has 0 aliphatic carbocycles. The molecule has 1 heterocycles. The van der Waals surface area contributed by atoms with Crippen LogP contribution in [-0.2, 0) is 0 Å². The summed E-state index contributed by atoms with van der Waals surface area (Å²) in [6.07, 6.45) is 1.88. The Morgan fingerprint density at radius 2 is 2.00 bits per heavy atom. The van der Waals surface area contributed by atoms with Gasteiger partial charge in [0.05, 0.1) is 5.44 Å². The second kappa shape index (κ2) is 3.20. The molecule has 2 heteroatoms. The monoisotopic (exact) mass is 175 g/mol. The molecule has 2 aromatic rings. The molecule has 0 radical (unpaired) electrons. The van der Waals surface area contributed by atoms with E-state index in [9.17, 15) is 0 Å². The quantitative estimate of drug-likeness (QED) is 0.605. The van der Waals surface area contributed by atoms with Gasteiger partial charge in [-0.05, 0) is 18.1 Å². The van der Waals surface area contributed by atoms with Gasteiger partial charge in [0.1, 0.15) is 0 Å². The number of nitrogens with zero attached hydrogens (tertiary/aromatic N) is 1. The zero-order chi connectivity index (χ0) is 8.39. The SMILES string of the molecule is CPc1nccc2ccccc12. The van der Waals surface area contributed by atoms with Gasteiger partial charge in [-0.2, -0.15) is 0 Å². The molecule has 1 aromatic heterocycles. The lowest BCUT2D eigenvalue weighted by Crippen LogP contribution is -2.00. The summed E-state index contributed by atoms with van der Waals surface area (Å²) in [4.78, 5) is 4.34. The molecule has 1 aromatic carbocycles. The fraction of sp³-hybridized carbons (Fsp3) is 0.100. The number of rotatable bonds is 1. The third kappa shape index (κ3) is 1.21. The third-order valence-corrected chi connectivity index (χ3v) is 2.78. The van der Waals surface area contributed by atoms with Crippen molar-refractivity contribution in [3.63, 3.8) is 0 Å². The molecule has 60 valence electrons. The number of aromatic nitrogens is 1. The molecule has 1 unspecified atom stereocenters. The first-order valence-electron chi connectivity index (χ1n) is 3.93. The van der Waals surface area contributed by atoms with Gasteiger partial charge in [-0.15, -0.1) is 0 Å². The molecule has 0 aliphatic rings. The van der Waals surface area contributed by atoms with E-state index in [2.05, 4.69) is 42.0 Å². The zero-order valence-electron chi connectivity index (χ0n) is 6.91. The van der Waals surface area contributed by atoms with Crippen molar-refractivity contribution in [2.45, 2.75) is 0 Å². The van der Waals surface area contributed by atoms with E-state index in [-0.39, 0.29) is 0 Å². The van der Waals surface area contributed by atoms with E-state index in [1.54, 1.807) is 0 Å². The minimum absolute atomic E-state index is 0.773. The lowest BCUT2D eigenvalue weighted by Gasteiger charge is -2.01. The molecular weight excluding hydrogens is 165 g/mol. The Hall–Kier alpha value is -0.940. The maximum absolute atomic E-state index is 4.34. The van der Waals surface area contributed by atoms with Crippen LogP contribution in [0.4, 0.5) is 0 Å². The van der Waals surface area contributed by atoms with Crippen LogP contribution in [0.3, 0.4) is 0 Å². The van der Waals surface area contributed by atoms with Crippen molar-refractivity contribution in [2.75, 3.05) is 6.66 Å². The summed E-state index contributed by atoms with van der Waals surface area (Å²) >= 11 is 0. The molecule has 1 atom stereocenters. The van der Waals surface area contributed by atoms with Crippen LogP contribution >= 0.6 is 8.58 Å². The largest absolute Gasteiger partial charge is 0.256 e. The van der Waals surface area contributed by atoms with Crippen LogP contribution in [0.15, 0.2) is 36.5 Å². The first-order valence-corrected chi connectivity index (χ1v) is 5.43. The Morgan fingerprint density at radius 1 is 1.17 bits per heavy atom. The van der Waals surface area contributed by atoms with Gasteiger partial charge in [-0.25, -0.2) is 0 Å². The Labute approximate surface area is 73.6 Å². The van der Waals surface area contributed by atoms with E-state index in [1.807, 2.05) is 6.20 Å². The molecule has 0 bridgehead atoms. The Morgan fingerprint density at radius 3 is 2.83 bits per heavy atom. The number of hydrogen-bond acceptors (Lipinski definition) is 1. The van der Waals surface area contributed by atoms with Crippen molar-refractivity contribution in [3.8, 4) is 0 Å². The number of fused-ring (bicyclic) bond motifs is 1. The molecule has 0 spiro atoms. The second-order valence-electron chi connectivity index (χ2n) is 2.63. The number of hydrogen-bond donors (Lipinski definition) is 0. The Bertz CT molecular complexity index is 392. The maximum Gasteiger partial charge on any atom is 0.0675 e. The minimum Gasteiger partial charge on any atom is -0.256 e. The maximum atomic E-state index is 4.34.